The van der Waals surface area contributed by atoms with Crippen LogP contribution in [-0.4, -0.2) is 35.4 Å². The molecule has 2 N–H and O–H groups in total. The van der Waals surface area contributed by atoms with Gasteiger partial charge in [0.2, 0.25) is 0 Å². The van der Waals surface area contributed by atoms with Gasteiger partial charge >= 0.3 is 12.1 Å². The van der Waals surface area contributed by atoms with Crippen LogP contribution in [0, 0.1) is 0 Å². The lowest BCUT2D eigenvalue weighted by Crippen LogP contribution is -2.38. The fourth-order valence-corrected chi connectivity index (χ4v) is 1.10. The molecule has 0 spiro atoms. The minimum Gasteiger partial charge on any atom is -0.479 e. The van der Waals surface area contributed by atoms with Crippen molar-refractivity contribution in [2.24, 2.45) is 0 Å². The Balaban J connectivity index is 3.74. The molecule has 0 aromatic heterocycles. The maximum atomic E-state index is 11.0. The number of nitrogens with one attached hydrogen (secondary N) is 1. The van der Waals surface area contributed by atoms with Crippen LogP contribution in [0.2, 0.25) is 0 Å². The second kappa shape index (κ2) is 7.49. The highest BCUT2D eigenvalue weighted by atomic mass is 32.2. The van der Waals surface area contributed by atoms with Crippen molar-refractivity contribution in [2.75, 3.05) is 12.9 Å². The third kappa shape index (κ3) is 5.69. The van der Waals surface area contributed by atoms with Crippen LogP contribution in [0.4, 0.5) is 4.79 Å². The molecule has 0 heterocycles. The highest BCUT2D eigenvalue weighted by Crippen LogP contribution is 2.02. The largest absolute Gasteiger partial charge is 0.479 e. The van der Waals surface area contributed by atoms with Gasteiger partial charge in [0, 0.05) is 0 Å². The molecule has 0 rings (SSSR count). The first-order valence-electron chi connectivity index (χ1n) is 4.30. The first-order chi connectivity index (χ1) is 6.61. The van der Waals surface area contributed by atoms with Crippen molar-refractivity contribution >= 4 is 23.8 Å². The summed E-state index contributed by atoms with van der Waals surface area (Å²) in [5, 5.41) is 9.89. The Morgan fingerprint density at radius 1 is 1.57 bits per heavy atom. The third-order valence-corrected chi connectivity index (χ3v) is 2.23. The number of carboxylic acids is 1. The van der Waals surface area contributed by atoms with Gasteiger partial charge in [-0.2, -0.15) is 0 Å². The number of amides is 1. The molecule has 1 atom stereocenters. The van der Waals surface area contributed by atoms with Gasteiger partial charge in [-0.1, -0.05) is 13.3 Å². The van der Waals surface area contributed by atoms with Crippen LogP contribution in [0.5, 0.6) is 0 Å². The Bertz CT molecular complexity index is 198. The van der Waals surface area contributed by atoms with E-state index in [0.29, 0.717) is 6.61 Å². The summed E-state index contributed by atoms with van der Waals surface area (Å²) in [4.78, 5) is 21.5. The van der Waals surface area contributed by atoms with Crippen molar-refractivity contribution in [1.82, 2.24) is 5.32 Å². The lowest BCUT2D eigenvalue weighted by Gasteiger charge is -2.11. The first-order valence-corrected chi connectivity index (χ1v) is 5.59. The first kappa shape index (κ1) is 13.1. The molecular weight excluding hydrogens is 206 g/mol. The molecule has 0 aliphatic rings. The van der Waals surface area contributed by atoms with Crippen molar-refractivity contribution in [3.63, 3.8) is 0 Å². The Labute approximate surface area is 87.2 Å². The molecule has 0 aliphatic heterocycles. The molecule has 14 heavy (non-hydrogen) atoms. The summed E-state index contributed by atoms with van der Waals surface area (Å²) in [7, 11) is 0. The van der Waals surface area contributed by atoms with Gasteiger partial charge in [-0.3, -0.25) is 5.32 Å². The van der Waals surface area contributed by atoms with Crippen LogP contribution in [0.15, 0.2) is 0 Å². The molecule has 5 nitrogen and oxygen atoms in total. The van der Waals surface area contributed by atoms with E-state index in [0.717, 1.165) is 24.6 Å². The number of aliphatic carboxylic acids is 1. The molecule has 1 amide bonds. The Kier molecular flexibility index (Phi) is 7.00. The second-order valence-electron chi connectivity index (χ2n) is 2.59. The summed E-state index contributed by atoms with van der Waals surface area (Å²) in [6.45, 7) is 2.30. The molecule has 6 heteroatoms. The van der Waals surface area contributed by atoms with Crippen LogP contribution in [0.1, 0.15) is 19.8 Å². The average molecular weight is 221 g/mol. The van der Waals surface area contributed by atoms with Crippen molar-refractivity contribution < 1.29 is 19.4 Å². The molecule has 1 unspecified atom stereocenters. The van der Waals surface area contributed by atoms with Gasteiger partial charge < -0.3 is 9.84 Å². The van der Waals surface area contributed by atoms with E-state index in [1.165, 1.54) is 0 Å². The molecule has 0 aromatic rings. The summed E-state index contributed by atoms with van der Waals surface area (Å²) in [5.41, 5.74) is 0. The van der Waals surface area contributed by atoms with Gasteiger partial charge in [-0.05, 0) is 12.7 Å². The zero-order valence-corrected chi connectivity index (χ0v) is 9.10. The topological polar surface area (TPSA) is 75.6 Å². The molecule has 0 aromatic carbocycles. The second-order valence-corrected chi connectivity index (χ2v) is 3.53. The zero-order chi connectivity index (χ0) is 11.0. The maximum absolute atomic E-state index is 11.0. The Morgan fingerprint density at radius 3 is 2.64 bits per heavy atom. The van der Waals surface area contributed by atoms with Gasteiger partial charge in [0.05, 0.1) is 6.61 Å². The number of carboxylic acid groups (broad SMARTS) is 1. The van der Waals surface area contributed by atoms with E-state index in [9.17, 15) is 9.59 Å². The number of unbranched alkanes of at least 4 members (excludes halogenated alkanes) is 1. The lowest BCUT2D eigenvalue weighted by atomic mass is 10.4. The van der Waals surface area contributed by atoms with Crippen LogP contribution in [0.25, 0.3) is 0 Å². The van der Waals surface area contributed by atoms with Gasteiger partial charge in [0.25, 0.3) is 0 Å². The number of alkyl carbamates (subject to hydrolysis) is 1. The van der Waals surface area contributed by atoms with Gasteiger partial charge in [-0.15, -0.1) is 11.8 Å². The summed E-state index contributed by atoms with van der Waals surface area (Å²) in [5.74, 6) is -1.08. The Morgan fingerprint density at radius 2 is 2.21 bits per heavy atom. The maximum Gasteiger partial charge on any atom is 0.408 e. The smallest absolute Gasteiger partial charge is 0.408 e. The predicted molar refractivity (Wildman–Crippen MR) is 54.3 cm³/mol. The number of hydrogen-bond acceptors (Lipinski definition) is 4. The number of carbonyl (C=O) groups is 2. The quantitative estimate of drug-likeness (QED) is 0.522. The highest BCUT2D eigenvalue weighted by molar-refractivity contribution is 7.99. The molecule has 0 saturated carbocycles. The Hall–Kier alpha value is -0.910. The fraction of sp³-hybridized carbons (Fsp3) is 0.750. The van der Waals surface area contributed by atoms with Gasteiger partial charge in [0.1, 0.15) is 0 Å². The van der Waals surface area contributed by atoms with E-state index in [2.05, 4.69) is 5.32 Å². The number of rotatable bonds is 6. The van der Waals surface area contributed by atoms with Crippen LogP contribution < -0.4 is 5.32 Å². The zero-order valence-electron chi connectivity index (χ0n) is 8.28. The van der Waals surface area contributed by atoms with Crippen LogP contribution >= 0.6 is 11.8 Å². The molecule has 0 fully saturated rings. The summed E-state index contributed by atoms with van der Waals surface area (Å²) < 4.78 is 4.74. The predicted octanol–water partition coefficient (Wildman–Crippen LogP) is 1.29. The van der Waals surface area contributed by atoms with E-state index in [1.807, 2.05) is 6.92 Å². The van der Waals surface area contributed by atoms with Gasteiger partial charge in [0.15, 0.2) is 5.37 Å². The van der Waals surface area contributed by atoms with E-state index in [4.69, 9.17) is 9.84 Å². The number of ether oxygens (including phenoxy) is 1. The van der Waals surface area contributed by atoms with Crippen molar-refractivity contribution in [2.45, 2.75) is 25.1 Å². The fourth-order valence-electron chi connectivity index (χ4n) is 0.679. The van der Waals surface area contributed by atoms with Crippen molar-refractivity contribution in [3.05, 3.63) is 0 Å². The number of hydrogen-bond donors (Lipinski definition) is 2. The van der Waals surface area contributed by atoms with E-state index in [1.54, 1.807) is 6.26 Å². The SMILES string of the molecule is CCCCOC(=O)NC(SC)C(=O)O. The van der Waals surface area contributed by atoms with Gasteiger partial charge in [-0.25, -0.2) is 9.59 Å². The minimum absolute atomic E-state index is 0.322. The molecule has 0 bridgehead atoms. The molecule has 82 valence electrons. The number of thioether (sulfide) groups is 1. The molecular formula is C8H15NO4S. The van der Waals surface area contributed by atoms with E-state index in [-0.39, 0.29) is 0 Å². The third-order valence-electron chi connectivity index (χ3n) is 1.44. The average Bonchev–Trinajstić information content (AvgIpc) is 2.14. The van der Waals surface area contributed by atoms with E-state index < -0.39 is 17.4 Å². The lowest BCUT2D eigenvalue weighted by molar-refractivity contribution is -0.136. The van der Waals surface area contributed by atoms with Crippen LogP contribution in [-0.2, 0) is 9.53 Å². The summed E-state index contributed by atoms with van der Waals surface area (Å²) in [6, 6.07) is 0. The molecule has 0 radical (unpaired) electrons. The van der Waals surface area contributed by atoms with E-state index >= 15 is 0 Å². The standard InChI is InChI=1S/C8H15NO4S/c1-3-4-5-13-8(12)9-6(14-2)7(10)11/h6H,3-5H2,1-2H3,(H,9,12)(H,10,11). The minimum atomic E-state index is -1.08. The highest BCUT2D eigenvalue weighted by Gasteiger charge is 2.18. The monoisotopic (exact) mass is 221 g/mol. The molecule has 0 aliphatic carbocycles. The van der Waals surface area contributed by atoms with Crippen LogP contribution in [0.3, 0.4) is 0 Å². The number of carbonyl (C=O) groups excluding carboxylic acids is 1. The summed E-state index contributed by atoms with van der Waals surface area (Å²) >= 11 is 1.03. The summed E-state index contributed by atoms with van der Waals surface area (Å²) in [6.07, 6.45) is 2.63. The van der Waals surface area contributed by atoms with Crippen molar-refractivity contribution in [1.29, 1.82) is 0 Å². The molecule has 0 saturated heterocycles. The van der Waals surface area contributed by atoms with Crippen molar-refractivity contribution in [3.8, 4) is 0 Å². The normalized spacial score (nSPS) is 11.9.